The summed E-state index contributed by atoms with van der Waals surface area (Å²) in [7, 11) is -4.77. The largest absolute Gasteiger partial charge is 0.384 e. The highest BCUT2D eigenvalue weighted by Crippen LogP contribution is 2.28. The van der Waals surface area contributed by atoms with Crippen LogP contribution in [0.4, 0.5) is 20.2 Å². The summed E-state index contributed by atoms with van der Waals surface area (Å²) >= 11 is 6.02. The normalized spacial score (nSPS) is 11.4. The summed E-state index contributed by atoms with van der Waals surface area (Å²) in [5.74, 6) is -4.00. The molecule has 9 heteroatoms. The minimum absolute atomic E-state index is 0.0446. The predicted octanol–water partition coefficient (Wildman–Crippen LogP) is 3.95. The molecule has 0 radical (unpaired) electrons. The van der Waals surface area contributed by atoms with Crippen LogP contribution in [0.15, 0.2) is 47.4 Å². The quantitative estimate of drug-likeness (QED) is 0.735. The SMILES string of the molecule is CCNc1ccc(S(=O)(=O)C(F)F)cc1NC(=O)Cc1ccccc1Cl. The molecule has 0 unspecified atom stereocenters. The van der Waals surface area contributed by atoms with Crippen LogP contribution in [0.25, 0.3) is 0 Å². The van der Waals surface area contributed by atoms with Crippen molar-refractivity contribution >= 4 is 38.7 Å². The Balaban J connectivity index is 2.31. The van der Waals surface area contributed by atoms with Crippen LogP contribution >= 0.6 is 11.6 Å². The van der Waals surface area contributed by atoms with Crippen molar-refractivity contribution in [2.24, 2.45) is 0 Å². The molecule has 0 bridgehead atoms. The molecule has 2 rings (SSSR count). The first-order valence-electron chi connectivity index (χ1n) is 7.69. The van der Waals surface area contributed by atoms with Crippen molar-refractivity contribution < 1.29 is 22.0 Å². The van der Waals surface area contributed by atoms with Crippen LogP contribution in [-0.4, -0.2) is 26.6 Å². The van der Waals surface area contributed by atoms with E-state index >= 15 is 0 Å². The second-order valence-corrected chi connectivity index (χ2v) is 7.68. The number of benzene rings is 2. The lowest BCUT2D eigenvalue weighted by Crippen LogP contribution is -2.17. The third-order valence-corrected chi connectivity index (χ3v) is 5.25. The Morgan fingerprint density at radius 1 is 1.15 bits per heavy atom. The van der Waals surface area contributed by atoms with Gasteiger partial charge in [0, 0.05) is 11.6 Å². The van der Waals surface area contributed by atoms with Crippen molar-refractivity contribution in [3.63, 3.8) is 0 Å². The van der Waals surface area contributed by atoms with Crippen LogP contribution in [0.3, 0.4) is 0 Å². The fraction of sp³-hybridized carbons (Fsp3) is 0.235. The van der Waals surface area contributed by atoms with Gasteiger partial charge in [-0.1, -0.05) is 29.8 Å². The number of hydrogen-bond acceptors (Lipinski definition) is 4. The van der Waals surface area contributed by atoms with Crippen molar-refractivity contribution in [1.29, 1.82) is 0 Å². The van der Waals surface area contributed by atoms with Crippen LogP contribution in [-0.2, 0) is 21.1 Å². The first kappa shape index (κ1) is 20.1. The molecule has 0 fully saturated rings. The first-order valence-corrected chi connectivity index (χ1v) is 9.61. The van der Waals surface area contributed by atoms with Gasteiger partial charge < -0.3 is 10.6 Å². The van der Waals surface area contributed by atoms with Crippen molar-refractivity contribution in [1.82, 2.24) is 0 Å². The minimum Gasteiger partial charge on any atom is -0.384 e. The fourth-order valence-corrected chi connectivity index (χ4v) is 3.21. The summed E-state index contributed by atoms with van der Waals surface area (Å²) < 4.78 is 48.9. The van der Waals surface area contributed by atoms with Crippen LogP contribution in [0.5, 0.6) is 0 Å². The maximum Gasteiger partial charge on any atom is 0.341 e. The Morgan fingerprint density at radius 3 is 2.46 bits per heavy atom. The molecule has 0 atom stereocenters. The van der Waals surface area contributed by atoms with E-state index in [4.69, 9.17) is 11.6 Å². The number of hydrogen-bond donors (Lipinski definition) is 2. The van der Waals surface area contributed by atoms with Crippen LogP contribution < -0.4 is 10.6 Å². The summed E-state index contributed by atoms with van der Waals surface area (Å²) in [6.07, 6.45) is -0.0446. The number of sulfone groups is 1. The van der Waals surface area contributed by atoms with Gasteiger partial charge in [0.1, 0.15) is 0 Å². The maximum atomic E-state index is 12.8. The lowest BCUT2D eigenvalue weighted by Gasteiger charge is -2.14. The van der Waals surface area contributed by atoms with Gasteiger partial charge in [-0.3, -0.25) is 4.79 Å². The molecular formula is C17H17ClF2N2O3S. The fourth-order valence-electron chi connectivity index (χ4n) is 2.26. The van der Waals surface area contributed by atoms with E-state index in [1.54, 1.807) is 31.2 Å². The standard InChI is InChI=1S/C17H17ClF2N2O3S/c1-2-21-14-8-7-12(26(24,25)17(19)20)10-15(14)22-16(23)9-11-5-3-4-6-13(11)18/h3-8,10,17,21H,2,9H2,1H3,(H,22,23). The number of amides is 1. The monoisotopic (exact) mass is 402 g/mol. The van der Waals surface area contributed by atoms with Gasteiger partial charge in [-0.15, -0.1) is 0 Å². The molecule has 2 aromatic rings. The van der Waals surface area contributed by atoms with E-state index in [1.165, 1.54) is 6.07 Å². The Hall–Kier alpha value is -2.19. The number of nitrogens with one attached hydrogen (secondary N) is 2. The number of halogens is 3. The number of anilines is 2. The molecule has 0 saturated heterocycles. The van der Waals surface area contributed by atoms with Crippen molar-refractivity contribution in [2.45, 2.75) is 24.0 Å². The number of alkyl halides is 2. The van der Waals surface area contributed by atoms with Crippen LogP contribution in [0.2, 0.25) is 5.02 Å². The Bertz CT molecular complexity index is 905. The summed E-state index contributed by atoms with van der Waals surface area (Å²) in [6, 6.07) is 10.2. The zero-order valence-corrected chi connectivity index (χ0v) is 15.4. The zero-order valence-electron chi connectivity index (χ0n) is 13.8. The second kappa shape index (κ2) is 8.46. The van der Waals surface area contributed by atoms with Gasteiger partial charge in [-0.05, 0) is 36.8 Å². The molecule has 2 aromatic carbocycles. The average Bonchev–Trinajstić information content (AvgIpc) is 2.58. The number of carbonyl (C=O) groups excluding carboxylic acids is 1. The highest BCUT2D eigenvalue weighted by molar-refractivity contribution is 7.91. The lowest BCUT2D eigenvalue weighted by molar-refractivity contribution is -0.115. The first-order chi connectivity index (χ1) is 12.3. The Labute approximate surface area is 155 Å². The third kappa shape index (κ3) is 4.70. The zero-order chi connectivity index (χ0) is 19.3. The van der Waals surface area contributed by atoms with Gasteiger partial charge in [0.05, 0.1) is 22.7 Å². The topological polar surface area (TPSA) is 75.3 Å². The molecule has 2 N–H and O–H groups in total. The molecule has 0 aliphatic heterocycles. The highest BCUT2D eigenvalue weighted by atomic mass is 35.5. The maximum absolute atomic E-state index is 12.8. The molecule has 0 aliphatic rings. The molecule has 0 spiro atoms. The Kier molecular flexibility index (Phi) is 6.55. The van der Waals surface area contributed by atoms with Gasteiger partial charge in [0.25, 0.3) is 0 Å². The summed E-state index contributed by atoms with van der Waals surface area (Å²) in [5.41, 5.74) is 1.12. The minimum atomic E-state index is -4.77. The predicted molar refractivity (Wildman–Crippen MR) is 97.6 cm³/mol. The van der Waals surface area contributed by atoms with E-state index in [0.717, 1.165) is 12.1 Å². The van der Waals surface area contributed by atoms with Crippen molar-refractivity contribution in [3.05, 3.63) is 53.1 Å². The van der Waals surface area contributed by atoms with Gasteiger partial charge in [-0.2, -0.15) is 8.78 Å². The van der Waals surface area contributed by atoms with Crippen LogP contribution in [0.1, 0.15) is 12.5 Å². The second-order valence-electron chi connectivity index (χ2n) is 5.36. The van der Waals surface area contributed by atoms with Gasteiger partial charge >= 0.3 is 5.76 Å². The van der Waals surface area contributed by atoms with E-state index in [-0.39, 0.29) is 12.1 Å². The number of carbonyl (C=O) groups is 1. The van der Waals surface area contributed by atoms with E-state index < -0.39 is 26.4 Å². The molecule has 5 nitrogen and oxygen atoms in total. The molecule has 0 aromatic heterocycles. The summed E-state index contributed by atoms with van der Waals surface area (Å²) in [4.78, 5) is 11.7. The molecule has 0 saturated carbocycles. The van der Waals surface area contributed by atoms with Gasteiger partial charge in [-0.25, -0.2) is 8.42 Å². The number of rotatable bonds is 7. The molecule has 0 heterocycles. The molecule has 1 amide bonds. The van der Waals surface area contributed by atoms with Crippen molar-refractivity contribution in [2.75, 3.05) is 17.2 Å². The summed E-state index contributed by atoms with van der Waals surface area (Å²) in [5, 5.41) is 5.91. The molecular weight excluding hydrogens is 386 g/mol. The molecule has 140 valence electrons. The lowest BCUT2D eigenvalue weighted by atomic mass is 10.1. The van der Waals surface area contributed by atoms with Crippen molar-refractivity contribution in [3.8, 4) is 0 Å². The van der Waals surface area contributed by atoms with E-state index in [1.807, 2.05) is 0 Å². The van der Waals surface area contributed by atoms with E-state index in [0.29, 0.717) is 22.8 Å². The molecule has 26 heavy (non-hydrogen) atoms. The van der Waals surface area contributed by atoms with Gasteiger partial charge in [0.2, 0.25) is 15.7 Å². The third-order valence-electron chi connectivity index (χ3n) is 3.50. The van der Waals surface area contributed by atoms with Crippen LogP contribution in [0, 0.1) is 0 Å². The Morgan fingerprint density at radius 2 is 1.85 bits per heavy atom. The summed E-state index contributed by atoms with van der Waals surface area (Å²) in [6.45, 7) is 2.30. The molecule has 0 aliphatic carbocycles. The van der Waals surface area contributed by atoms with E-state index in [2.05, 4.69) is 10.6 Å². The average molecular weight is 403 g/mol. The smallest absolute Gasteiger partial charge is 0.341 e. The van der Waals surface area contributed by atoms with E-state index in [9.17, 15) is 22.0 Å². The highest BCUT2D eigenvalue weighted by Gasteiger charge is 2.27. The van der Waals surface area contributed by atoms with Gasteiger partial charge in [0.15, 0.2) is 0 Å².